The number of aromatic nitrogens is 1. The molecular weight excluding hydrogens is 296 g/mol. The molecule has 5 rings (SSSR count). The topological polar surface area (TPSA) is 25.4 Å². The molecule has 0 radical (unpaired) electrons. The molecule has 0 spiro atoms. The molecule has 5 unspecified atom stereocenters. The molecular formula is C21H26N2O. The van der Waals surface area contributed by atoms with Gasteiger partial charge in [0.15, 0.2) is 0 Å². The van der Waals surface area contributed by atoms with Gasteiger partial charge in [0.25, 0.3) is 0 Å². The van der Waals surface area contributed by atoms with Gasteiger partial charge in [-0.15, -0.1) is 6.58 Å². The summed E-state index contributed by atoms with van der Waals surface area (Å²) < 4.78 is 5.43. The van der Waals surface area contributed by atoms with Crippen LogP contribution >= 0.6 is 0 Å². The van der Waals surface area contributed by atoms with Crippen LogP contribution in [0.3, 0.4) is 0 Å². The molecule has 3 saturated heterocycles. The first-order valence-electron chi connectivity index (χ1n) is 9.00. The fourth-order valence-corrected chi connectivity index (χ4v) is 4.78. The Kier molecular flexibility index (Phi) is 4.05. The first kappa shape index (κ1) is 15.6. The Bertz CT molecular complexity index is 757. The summed E-state index contributed by atoms with van der Waals surface area (Å²) in [5.41, 5.74) is 2.45. The molecule has 3 nitrogen and oxygen atoms in total. The molecule has 3 fully saturated rings. The minimum Gasteiger partial charge on any atom is -0.497 e. The number of hydrogen-bond donors (Lipinski definition) is 0. The van der Waals surface area contributed by atoms with Gasteiger partial charge in [-0.1, -0.05) is 13.0 Å². The maximum atomic E-state index is 5.43. The number of fused-ring (bicyclic) bond motifs is 4. The van der Waals surface area contributed by atoms with Gasteiger partial charge in [-0.05, 0) is 67.0 Å². The Labute approximate surface area is 144 Å². The quantitative estimate of drug-likeness (QED) is 0.787. The maximum Gasteiger partial charge on any atom is 0.119 e. The summed E-state index contributed by atoms with van der Waals surface area (Å²) in [5, 5.41) is 1.23. The van der Waals surface area contributed by atoms with Gasteiger partial charge in [-0.3, -0.25) is 9.88 Å². The second kappa shape index (κ2) is 6.21. The maximum absolute atomic E-state index is 5.43. The monoisotopic (exact) mass is 322 g/mol. The van der Waals surface area contributed by atoms with E-state index in [2.05, 4.69) is 47.7 Å². The highest BCUT2D eigenvalue weighted by Crippen LogP contribution is 2.42. The third-order valence-electron chi connectivity index (χ3n) is 6.20. The van der Waals surface area contributed by atoms with Gasteiger partial charge in [0.05, 0.1) is 12.6 Å². The highest BCUT2D eigenvalue weighted by atomic mass is 16.5. The number of benzene rings is 1. The highest BCUT2D eigenvalue weighted by molar-refractivity contribution is 5.84. The van der Waals surface area contributed by atoms with E-state index in [1.807, 2.05) is 12.3 Å². The van der Waals surface area contributed by atoms with Crippen LogP contribution in [0.15, 0.2) is 43.1 Å². The fourth-order valence-electron chi connectivity index (χ4n) is 4.78. The lowest BCUT2D eigenvalue weighted by molar-refractivity contribution is 0.00925. The Hall–Kier alpha value is -1.87. The lowest BCUT2D eigenvalue weighted by Gasteiger charge is -2.51. The van der Waals surface area contributed by atoms with Crippen LogP contribution in [0.5, 0.6) is 5.75 Å². The van der Waals surface area contributed by atoms with Crippen molar-refractivity contribution in [3.05, 3.63) is 48.7 Å². The zero-order valence-corrected chi connectivity index (χ0v) is 14.6. The molecule has 3 aliphatic heterocycles. The molecule has 24 heavy (non-hydrogen) atoms. The fraction of sp³-hybridized carbons (Fsp3) is 0.476. The number of ether oxygens (including phenoxy) is 1. The third kappa shape index (κ3) is 2.51. The van der Waals surface area contributed by atoms with Crippen molar-refractivity contribution >= 4 is 10.9 Å². The predicted molar refractivity (Wildman–Crippen MR) is 98.5 cm³/mol. The second-order valence-electron chi connectivity index (χ2n) is 7.32. The molecule has 1 aromatic carbocycles. The number of nitrogens with zero attached hydrogens (tertiary/aromatic N) is 2. The van der Waals surface area contributed by atoms with E-state index >= 15 is 0 Å². The van der Waals surface area contributed by atoms with E-state index in [4.69, 9.17) is 4.74 Å². The first-order valence-corrected chi connectivity index (χ1v) is 9.00. The van der Waals surface area contributed by atoms with Crippen LogP contribution in [0.25, 0.3) is 10.9 Å². The van der Waals surface area contributed by atoms with Crippen LogP contribution in [-0.4, -0.2) is 36.1 Å². The normalized spacial score (nSPS) is 30.2. The van der Waals surface area contributed by atoms with Crippen molar-refractivity contribution in [1.82, 2.24) is 9.88 Å². The van der Waals surface area contributed by atoms with Crippen molar-refractivity contribution < 1.29 is 4.74 Å². The average Bonchev–Trinajstić information content (AvgIpc) is 2.66. The first-order chi connectivity index (χ1) is 11.7. The number of pyridine rings is 1. The van der Waals surface area contributed by atoms with Crippen molar-refractivity contribution in [3.8, 4) is 5.75 Å². The Morgan fingerprint density at radius 3 is 2.96 bits per heavy atom. The molecule has 5 atom stereocenters. The summed E-state index contributed by atoms with van der Waals surface area (Å²) in [6, 6.07) is 9.00. The lowest BCUT2D eigenvalue weighted by Crippen LogP contribution is -2.54. The van der Waals surface area contributed by atoms with Gasteiger partial charge in [-0.2, -0.15) is 0 Å². The Balaban J connectivity index is 1.69. The molecule has 126 valence electrons. The van der Waals surface area contributed by atoms with E-state index in [1.54, 1.807) is 7.11 Å². The summed E-state index contributed by atoms with van der Waals surface area (Å²) in [6.45, 7) is 8.83. The van der Waals surface area contributed by atoms with Crippen molar-refractivity contribution in [2.45, 2.75) is 31.7 Å². The van der Waals surface area contributed by atoms with Crippen LogP contribution in [0.2, 0.25) is 0 Å². The van der Waals surface area contributed by atoms with Crippen molar-refractivity contribution in [3.63, 3.8) is 0 Å². The zero-order chi connectivity index (χ0) is 16.7. The van der Waals surface area contributed by atoms with Crippen LogP contribution in [0.4, 0.5) is 0 Å². The summed E-state index contributed by atoms with van der Waals surface area (Å²) >= 11 is 0. The Morgan fingerprint density at radius 2 is 2.25 bits per heavy atom. The molecule has 4 heterocycles. The molecule has 3 heteroatoms. The number of piperidine rings is 3. The van der Waals surface area contributed by atoms with Gasteiger partial charge in [0.1, 0.15) is 5.75 Å². The number of methoxy groups -OCH3 is 1. The highest BCUT2D eigenvalue weighted by Gasteiger charge is 2.41. The Morgan fingerprint density at radius 1 is 1.38 bits per heavy atom. The van der Waals surface area contributed by atoms with Gasteiger partial charge in [-0.25, -0.2) is 0 Å². The van der Waals surface area contributed by atoms with E-state index in [1.165, 1.54) is 36.9 Å². The molecule has 2 bridgehead atoms. The summed E-state index contributed by atoms with van der Waals surface area (Å²) in [6.07, 6.45) is 6.73. The second-order valence-corrected chi connectivity index (χ2v) is 7.32. The summed E-state index contributed by atoms with van der Waals surface area (Å²) in [4.78, 5) is 7.22. The van der Waals surface area contributed by atoms with Crippen LogP contribution < -0.4 is 4.74 Å². The van der Waals surface area contributed by atoms with Gasteiger partial charge in [0, 0.05) is 24.2 Å². The lowest BCUT2D eigenvalue weighted by atomic mass is 9.71. The van der Waals surface area contributed by atoms with Crippen molar-refractivity contribution in [2.24, 2.45) is 11.8 Å². The molecule has 0 N–H and O–H groups in total. The van der Waals surface area contributed by atoms with Crippen molar-refractivity contribution in [1.29, 1.82) is 0 Å². The molecule has 2 aromatic rings. The minimum absolute atomic E-state index is 0.496. The van der Waals surface area contributed by atoms with E-state index < -0.39 is 0 Å². The van der Waals surface area contributed by atoms with Gasteiger partial charge in [0.2, 0.25) is 0 Å². The standard InChI is InChI=1S/C21H26N2O/c1-4-15-13-23-10-8-16(15)11-21(23)14(2)18-7-9-22-20-6-5-17(24-3)12-19(18)20/h4-7,9,12,14-16,21H,1,8,10-11,13H2,2-3H3. The smallest absolute Gasteiger partial charge is 0.119 e. The van der Waals surface area contributed by atoms with Crippen LogP contribution in [0.1, 0.15) is 31.2 Å². The zero-order valence-electron chi connectivity index (χ0n) is 14.6. The van der Waals surface area contributed by atoms with E-state index in [0.717, 1.165) is 17.2 Å². The van der Waals surface area contributed by atoms with Crippen LogP contribution in [0, 0.1) is 11.8 Å². The average molecular weight is 322 g/mol. The number of rotatable bonds is 4. The molecule has 1 aromatic heterocycles. The molecule has 0 saturated carbocycles. The third-order valence-corrected chi connectivity index (χ3v) is 6.20. The minimum atomic E-state index is 0.496. The number of hydrogen-bond acceptors (Lipinski definition) is 3. The SMILES string of the molecule is C=CC1CN2CCC1CC2C(C)c1ccnc2ccc(OC)cc12. The van der Waals surface area contributed by atoms with Crippen LogP contribution in [-0.2, 0) is 0 Å². The van der Waals surface area contributed by atoms with E-state index in [0.29, 0.717) is 17.9 Å². The van der Waals surface area contributed by atoms with E-state index in [-0.39, 0.29) is 0 Å². The summed E-state index contributed by atoms with van der Waals surface area (Å²) in [5.74, 6) is 2.89. The molecule has 3 aliphatic rings. The van der Waals surface area contributed by atoms with Gasteiger partial charge >= 0.3 is 0 Å². The van der Waals surface area contributed by atoms with E-state index in [9.17, 15) is 0 Å². The molecule has 0 amide bonds. The predicted octanol–water partition coefficient (Wildman–Crippen LogP) is 4.24. The largest absolute Gasteiger partial charge is 0.497 e. The molecule has 0 aliphatic carbocycles. The van der Waals surface area contributed by atoms with Crippen molar-refractivity contribution in [2.75, 3.05) is 20.2 Å². The summed E-state index contributed by atoms with van der Waals surface area (Å²) in [7, 11) is 1.72. The van der Waals surface area contributed by atoms with Gasteiger partial charge < -0.3 is 4.74 Å².